The summed E-state index contributed by atoms with van der Waals surface area (Å²) in [4.78, 5) is 23.8. The van der Waals surface area contributed by atoms with Crippen molar-refractivity contribution in [2.75, 3.05) is 27.4 Å². The van der Waals surface area contributed by atoms with Gasteiger partial charge in [0.2, 0.25) is 11.8 Å². The van der Waals surface area contributed by atoms with Crippen LogP contribution in [-0.4, -0.2) is 62.6 Å². The number of rotatable bonds is 9. The minimum absolute atomic E-state index is 0.0722. The van der Waals surface area contributed by atoms with Crippen LogP contribution in [0, 0.1) is 0 Å². The van der Waals surface area contributed by atoms with Crippen LogP contribution in [0.15, 0.2) is 36.4 Å². The van der Waals surface area contributed by atoms with Crippen molar-refractivity contribution in [2.45, 2.75) is 31.2 Å². The lowest BCUT2D eigenvalue weighted by Crippen LogP contribution is -2.49. The number of ether oxygens (including phenoxy) is 3. The van der Waals surface area contributed by atoms with E-state index in [9.17, 15) is 14.7 Å². The summed E-state index contributed by atoms with van der Waals surface area (Å²) in [5, 5.41) is 15.0. The molecule has 2 amide bonds. The SMILES string of the molecule is COCC(=O)N[C@H]1C=C[C@@H](CC(=O)NCc2ccccc2OC)O[C@@H]1CO. The van der Waals surface area contributed by atoms with E-state index in [4.69, 9.17) is 14.2 Å². The maximum Gasteiger partial charge on any atom is 0.246 e. The van der Waals surface area contributed by atoms with E-state index in [1.807, 2.05) is 24.3 Å². The van der Waals surface area contributed by atoms with Gasteiger partial charge in [0.05, 0.1) is 32.3 Å². The fraction of sp³-hybridized carbons (Fsp3) is 0.474. The third-order valence-electron chi connectivity index (χ3n) is 4.12. The zero-order valence-corrected chi connectivity index (χ0v) is 15.5. The van der Waals surface area contributed by atoms with Crippen LogP contribution in [-0.2, 0) is 25.6 Å². The van der Waals surface area contributed by atoms with E-state index in [2.05, 4.69) is 10.6 Å². The number of methoxy groups -OCH3 is 2. The Morgan fingerprint density at radius 1 is 1.19 bits per heavy atom. The van der Waals surface area contributed by atoms with Gasteiger partial charge in [0.15, 0.2) is 0 Å². The van der Waals surface area contributed by atoms with E-state index in [1.165, 1.54) is 7.11 Å². The average molecular weight is 378 g/mol. The lowest BCUT2D eigenvalue weighted by atomic mass is 10.0. The number of carbonyl (C=O) groups is 2. The summed E-state index contributed by atoms with van der Waals surface area (Å²) in [5.41, 5.74) is 0.877. The molecule has 148 valence electrons. The number of aliphatic hydroxyl groups excluding tert-OH is 1. The summed E-state index contributed by atoms with van der Waals surface area (Å²) in [6.45, 7) is -0.00270. The van der Waals surface area contributed by atoms with E-state index < -0.39 is 18.2 Å². The molecule has 8 nitrogen and oxygen atoms in total. The largest absolute Gasteiger partial charge is 0.496 e. The third kappa shape index (κ3) is 6.35. The number of carbonyl (C=O) groups excluding carboxylic acids is 2. The second-order valence-corrected chi connectivity index (χ2v) is 6.10. The number of nitrogens with one attached hydrogen (secondary N) is 2. The summed E-state index contributed by atoms with van der Waals surface area (Å²) in [6.07, 6.45) is 2.46. The Bertz CT molecular complexity index is 663. The molecule has 1 aromatic rings. The normalized spacial score (nSPS) is 21.5. The van der Waals surface area contributed by atoms with Gasteiger partial charge in [-0.25, -0.2) is 0 Å². The Morgan fingerprint density at radius 2 is 1.96 bits per heavy atom. The van der Waals surface area contributed by atoms with Crippen LogP contribution >= 0.6 is 0 Å². The van der Waals surface area contributed by atoms with Crippen molar-refractivity contribution in [1.82, 2.24) is 10.6 Å². The Hall–Kier alpha value is -2.42. The fourth-order valence-electron chi connectivity index (χ4n) is 2.79. The first-order valence-corrected chi connectivity index (χ1v) is 8.69. The van der Waals surface area contributed by atoms with E-state index in [-0.39, 0.29) is 31.4 Å². The van der Waals surface area contributed by atoms with Crippen molar-refractivity contribution in [3.05, 3.63) is 42.0 Å². The summed E-state index contributed by atoms with van der Waals surface area (Å²) < 4.78 is 15.7. The maximum absolute atomic E-state index is 12.2. The molecule has 0 bridgehead atoms. The fourth-order valence-corrected chi connectivity index (χ4v) is 2.79. The van der Waals surface area contributed by atoms with Gasteiger partial charge in [-0.2, -0.15) is 0 Å². The molecule has 3 N–H and O–H groups in total. The minimum Gasteiger partial charge on any atom is -0.496 e. The molecule has 0 spiro atoms. The molecule has 0 fully saturated rings. The second kappa shape index (κ2) is 10.7. The number of hydrogen-bond donors (Lipinski definition) is 3. The van der Waals surface area contributed by atoms with Crippen molar-refractivity contribution in [3.63, 3.8) is 0 Å². The van der Waals surface area contributed by atoms with Gasteiger partial charge in [-0.15, -0.1) is 0 Å². The highest BCUT2D eigenvalue weighted by atomic mass is 16.5. The molecule has 1 aliphatic rings. The molecule has 1 aliphatic heterocycles. The summed E-state index contributed by atoms with van der Waals surface area (Å²) in [7, 11) is 3.01. The van der Waals surface area contributed by atoms with Crippen molar-refractivity contribution in [1.29, 1.82) is 0 Å². The second-order valence-electron chi connectivity index (χ2n) is 6.10. The van der Waals surface area contributed by atoms with Gasteiger partial charge >= 0.3 is 0 Å². The monoisotopic (exact) mass is 378 g/mol. The maximum atomic E-state index is 12.2. The van der Waals surface area contributed by atoms with Crippen molar-refractivity contribution < 1.29 is 28.9 Å². The number of amides is 2. The number of para-hydroxylation sites is 1. The van der Waals surface area contributed by atoms with E-state index >= 15 is 0 Å². The van der Waals surface area contributed by atoms with Gasteiger partial charge in [0, 0.05) is 19.2 Å². The highest BCUT2D eigenvalue weighted by Crippen LogP contribution is 2.18. The predicted octanol–water partition coefficient (Wildman–Crippen LogP) is 0.149. The van der Waals surface area contributed by atoms with Crippen LogP contribution in [0.2, 0.25) is 0 Å². The first kappa shape index (κ1) is 20.9. The van der Waals surface area contributed by atoms with Crippen LogP contribution in [0.4, 0.5) is 0 Å². The standard InChI is InChI=1S/C19H26N2O6/c1-25-12-19(24)21-15-8-7-14(27-17(15)11-22)9-18(23)20-10-13-5-3-4-6-16(13)26-2/h3-8,14-15,17,22H,9-12H2,1-2H3,(H,20,23)(H,21,24)/t14-,15-,17+/m0/s1. The first-order valence-electron chi connectivity index (χ1n) is 8.69. The molecule has 0 aromatic heterocycles. The molecule has 27 heavy (non-hydrogen) atoms. The Labute approximate surface area is 158 Å². The number of benzene rings is 1. The summed E-state index contributed by atoms with van der Waals surface area (Å²) >= 11 is 0. The molecule has 0 radical (unpaired) electrons. The third-order valence-corrected chi connectivity index (χ3v) is 4.12. The average Bonchev–Trinajstić information content (AvgIpc) is 2.68. The predicted molar refractivity (Wildman–Crippen MR) is 98.2 cm³/mol. The number of aliphatic hydroxyl groups is 1. The quantitative estimate of drug-likeness (QED) is 0.528. The van der Waals surface area contributed by atoms with Gasteiger partial charge < -0.3 is 30.0 Å². The van der Waals surface area contributed by atoms with Gasteiger partial charge in [-0.3, -0.25) is 9.59 Å². The lowest BCUT2D eigenvalue weighted by molar-refractivity contribution is -0.130. The van der Waals surface area contributed by atoms with Crippen LogP contribution < -0.4 is 15.4 Å². The van der Waals surface area contributed by atoms with Gasteiger partial charge in [0.1, 0.15) is 18.5 Å². The molecular weight excluding hydrogens is 352 g/mol. The van der Waals surface area contributed by atoms with Gasteiger partial charge in [0.25, 0.3) is 0 Å². The minimum atomic E-state index is -0.622. The first-order chi connectivity index (χ1) is 13.1. The van der Waals surface area contributed by atoms with Gasteiger partial charge in [-0.05, 0) is 6.07 Å². The van der Waals surface area contributed by atoms with Crippen LogP contribution in [0.5, 0.6) is 5.75 Å². The topological polar surface area (TPSA) is 106 Å². The zero-order chi connectivity index (χ0) is 19.6. The zero-order valence-electron chi connectivity index (χ0n) is 15.5. The van der Waals surface area contributed by atoms with Crippen LogP contribution in [0.1, 0.15) is 12.0 Å². The molecule has 0 aliphatic carbocycles. The molecule has 8 heteroatoms. The Morgan fingerprint density at radius 3 is 2.67 bits per heavy atom. The van der Waals surface area contributed by atoms with E-state index in [0.29, 0.717) is 12.3 Å². The van der Waals surface area contributed by atoms with Crippen molar-refractivity contribution >= 4 is 11.8 Å². The van der Waals surface area contributed by atoms with E-state index in [1.54, 1.807) is 19.3 Å². The molecule has 0 saturated carbocycles. The van der Waals surface area contributed by atoms with E-state index in [0.717, 1.165) is 5.56 Å². The molecule has 0 saturated heterocycles. The lowest BCUT2D eigenvalue weighted by Gasteiger charge is -2.31. The molecule has 1 heterocycles. The highest BCUT2D eigenvalue weighted by Gasteiger charge is 2.28. The van der Waals surface area contributed by atoms with Crippen LogP contribution in [0.3, 0.4) is 0 Å². The molecule has 0 unspecified atom stereocenters. The summed E-state index contributed by atoms with van der Waals surface area (Å²) in [5.74, 6) is 0.220. The smallest absolute Gasteiger partial charge is 0.246 e. The molecule has 2 rings (SSSR count). The number of hydrogen-bond acceptors (Lipinski definition) is 6. The molecule has 1 aromatic carbocycles. The Balaban J connectivity index is 1.86. The summed E-state index contributed by atoms with van der Waals surface area (Å²) in [6, 6.07) is 6.98. The Kier molecular flexibility index (Phi) is 8.25. The van der Waals surface area contributed by atoms with Crippen LogP contribution in [0.25, 0.3) is 0 Å². The van der Waals surface area contributed by atoms with Crippen molar-refractivity contribution in [3.8, 4) is 5.75 Å². The molecule has 3 atom stereocenters. The van der Waals surface area contributed by atoms with Crippen molar-refractivity contribution in [2.24, 2.45) is 0 Å². The van der Waals surface area contributed by atoms with Gasteiger partial charge in [-0.1, -0.05) is 30.4 Å². The highest BCUT2D eigenvalue weighted by molar-refractivity contribution is 5.78. The molecular formula is C19H26N2O6.